The van der Waals surface area contributed by atoms with Gasteiger partial charge >= 0.3 is 0 Å². The monoisotopic (exact) mass is 406 g/mol. The highest BCUT2D eigenvalue weighted by molar-refractivity contribution is 5.99. The van der Waals surface area contributed by atoms with E-state index in [1.807, 2.05) is 48.5 Å². The van der Waals surface area contributed by atoms with Crippen molar-refractivity contribution in [1.29, 1.82) is 0 Å². The summed E-state index contributed by atoms with van der Waals surface area (Å²) >= 11 is 0. The largest absolute Gasteiger partial charge is 0.338 e. The van der Waals surface area contributed by atoms with Gasteiger partial charge in [-0.25, -0.2) is 14.4 Å². The summed E-state index contributed by atoms with van der Waals surface area (Å²) < 4.78 is 13.8. The molecule has 0 aliphatic heterocycles. The van der Waals surface area contributed by atoms with E-state index in [1.54, 1.807) is 18.5 Å². The predicted octanol–water partition coefficient (Wildman–Crippen LogP) is 5.37. The highest BCUT2D eigenvalue weighted by Crippen LogP contribution is 2.33. The van der Waals surface area contributed by atoms with Crippen molar-refractivity contribution in [3.05, 3.63) is 84.9 Å². The van der Waals surface area contributed by atoms with Crippen LogP contribution in [0.25, 0.3) is 56.0 Å². The molecule has 0 radical (unpaired) electrons. The van der Waals surface area contributed by atoms with Crippen molar-refractivity contribution >= 4 is 22.1 Å². The van der Waals surface area contributed by atoms with E-state index in [4.69, 9.17) is 4.98 Å². The highest BCUT2D eigenvalue weighted by Gasteiger charge is 2.16. The lowest BCUT2D eigenvalue weighted by molar-refractivity contribution is 0.628. The Morgan fingerprint density at radius 1 is 0.806 bits per heavy atom. The topological polar surface area (TPSA) is 83.1 Å². The van der Waals surface area contributed by atoms with E-state index in [9.17, 15) is 4.39 Å². The van der Waals surface area contributed by atoms with Gasteiger partial charge in [0, 0.05) is 17.8 Å². The standard InChI is InChI=1S/C24H15FN6/c25-15-5-3-4-14(12-15)16-9-11-27-24-17(16)13-21(29-24)23-22-20(30-31-23)8-7-19(28-22)18-6-1-2-10-26-18/h1-13H,(H,27,29)(H,30,31). The second-order valence-corrected chi connectivity index (χ2v) is 7.19. The zero-order valence-corrected chi connectivity index (χ0v) is 16.2. The number of H-pyrrole nitrogens is 2. The van der Waals surface area contributed by atoms with Crippen molar-refractivity contribution in [2.45, 2.75) is 0 Å². The summed E-state index contributed by atoms with van der Waals surface area (Å²) in [4.78, 5) is 17.0. The minimum absolute atomic E-state index is 0.275. The number of hydrogen-bond acceptors (Lipinski definition) is 4. The number of rotatable bonds is 3. The summed E-state index contributed by atoms with van der Waals surface area (Å²) in [7, 11) is 0. The lowest BCUT2D eigenvalue weighted by Crippen LogP contribution is -1.88. The van der Waals surface area contributed by atoms with E-state index < -0.39 is 0 Å². The molecule has 7 heteroatoms. The van der Waals surface area contributed by atoms with E-state index in [2.05, 4.69) is 25.1 Å². The van der Waals surface area contributed by atoms with Gasteiger partial charge in [0.1, 0.15) is 22.7 Å². The number of nitrogens with one attached hydrogen (secondary N) is 2. The third-order valence-corrected chi connectivity index (χ3v) is 5.26. The molecule has 0 saturated carbocycles. The fraction of sp³-hybridized carbons (Fsp3) is 0. The lowest BCUT2D eigenvalue weighted by atomic mass is 10.0. The van der Waals surface area contributed by atoms with Crippen LogP contribution in [0.4, 0.5) is 4.39 Å². The summed E-state index contributed by atoms with van der Waals surface area (Å²) in [5.41, 5.74) is 6.99. The molecule has 148 valence electrons. The molecule has 0 fully saturated rings. The smallest absolute Gasteiger partial charge is 0.138 e. The second kappa shape index (κ2) is 6.84. The van der Waals surface area contributed by atoms with Crippen LogP contribution in [-0.4, -0.2) is 30.1 Å². The van der Waals surface area contributed by atoms with Crippen molar-refractivity contribution in [1.82, 2.24) is 30.1 Å². The van der Waals surface area contributed by atoms with Gasteiger partial charge in [0.25, 0.3) is 0 Å². The van der Waals surface area contributed by atoms with Crippen LogP contribution in [0.15, 0.2) is 79.1 Å². The van der Waals surface area contributed by atoms with E-state index in [1.165, 1.54) is 12.1 Å². The van der Waals surface area contributed by atoms with Crippen LogP contribution in [0, 0.1) is 5.82 Å². The number of nitrogens with zero attached hydrogens (tertiary/aromatic N) is 4. The average molecular weight is 406 g/mol. The van der Waals surface area contributed by atoms with E-state index in [0.29, 0.717) is 11.3 Å². The van der Waals surface area contributed by atoms with E-state index >= 15 is 0 Å². The quantitative estimate of drug-likeness (QED) is 0.414. The molecule has 6 rings (SSSR count). The van der Waals surface area contributed by atoms with Crippen molar-refractivity contribution < 1.29 is 4.39 Å². The first-order chi connectivity index (χ1) is 15.3. The van der Waals surface area contributed by atoms with E-state index in [0.717, 1.165) is 44.6 Å². The molecule has 0 atom stereocenters. The summed E-state index contributed by atoms with van der Waals surface area (Å²) in [5.74, 6) is -0.275. The number of benzene rings is 1. The maximum Gasteiger partial charge on any atom is 0.138 e. The lowest BCUT2D eigenvalue weighted by Gasteiger charge is -2.02. The zero-order chi connectivity index (χ0) is 20.8. The first-order valence-electron chi connectivity index (χ1n) is 9.77. The van der Waals surface area contributed by atoms with Gasteiger partial charge in [0.2, 0.25) is 0 Å². The minimum atomic E-state index is -0.275. The Kier molecular flexibility index (Phi) is 3.86. The molecule has 0 spiro atoms. The Hall–Kier alpha value is -4.39. The van der Waals surface area contributed by atoms with Gasteiger partial charge < -0.3 is 4.98 Å². The number of halogens is 1. The predicted molar refractivity (Wildman–Crippen MR) is 118 cm³/mol. The molecule has 0 unspecified atom stereocenters. The highest BCUT2D eigenvalue weighted by atomic mass is 19.1. The molecule has 5 aromatic heterocycles. The normalized spacial score (nSPS) is 11.4. The number of hydrogen-bond donors (Lipinski definition) is 2. The molecule has 6 aromatic rings. The zero-order valence-electron chi connectivity index (χ0n) is 16.2. The minimum Gasteiger partial charge on any atom is -0.338 e. The summed E-state index contributed by atoms with van der Waals surface area (Å²) in [5, 5.41) is 8.41. The Morgan fingerprint density at radius 2 is 1.77 bits per heavy atom. The fourth-order valence-corrected chi connectivity index (χ4v) is 3.81. The van der Waals surface area contributed by atoms with Crippen LogP contribution in [0.3, 0.4) is 0 Å². The van der Waals surface area contributed by atoms with Crippen molar-refractivity contribution in [3.63, 3.8) is 0 Å². The average Bonchev–Trinajstić information content (AvgIpc) is 3.43. The number of fused-ring (bicyclic) bond motifs is 2. The van der Waals surface area contributed by atoms with Gasteiger partial charge in [-0.15, -0.1) is 0 Å². The first kappa shape index (κ1) is 17.5. The van der Waals surface area contributed by atoms with Gasteiger partial charge in [-0.05, 0) is 59.7 Å². The molecule has 0 bridgehead atoms. The molecule has 1 aromatic carbocycles. The van der Waals surface area contributed by atoms with Crippen LogP contribution >= 0.6 is 0 Å². The number of aromatic amines is 2. The van der Waals surface area contributed by atoms with Crippen LogP contribution < -0.4 is 0 Å². The summed E-state index contributed by atoms with van der Waals surface area (Å²) in [6, 6.07) is 20.0. The maximum atomic E-state index is 13.8. The van der Waals surface area contributed by atoms with E-state index in [-0.39, 0.29) is 5.82 Å². The van der Waals surface area contributed by atoms with Crippen LogP contribution in [0.2, 0.25) is 0 Å². The van der Waals surface area contributed by atoms with Crippen molar-refractivity contribution in [2.24, 2.45) is 0 Å². The molecule has 5 heterocycles. The van der Waals surface area contributed by atoms with Gasteiger partial charge in [0.15, 0.2) is 0 Å². The third kappa shape index (κ3) is 2.95. The summed E-state index contributed by atoms with van der Waals surface area (Å²) in [6.45, 7) is 0. The molecular weight excluding hydrogens is 391 g/mol. The van der Waals surface area contributed by atoms with Gasteiger partial charge in [-0.3, -0.25) is 10.1 Å². The Balaban J connectivity index is 1.52. The maximum absolute atomic E-state index is 13.8. The van der Waals surface area contributed by atoms with Crippen LogP contribution in [0.1, 0.15) is 0 Å². The van der Waals surface area contributed by atoms with Crippen molar-refractivity contribution in [2.75, 3.05) is 0 Å². The molecule has 0 saturated heterocycles. The summed E-state index contributed by atoms with van der Waals surface area (Å²) in [6.07, 6.45) is 3.46. The number of aromatic nitrogens is 6. The Bertz CT molecular complexity index is 1550. The second-order valence-electron chi connectivity index (χ2n) is 7.19. The molecule has 31 heavy (non-hydrogen) atoms. The number of pyridine rings is 3. The molecule has 0 aliphatic carbocycles. The third-order valence-electron chi connectivity index (χ3n) is 5.26. The molecular formula is C24H15FN6. The van der Waals surface area contributed by atoms with Crippen LogP contribution in [-0.2, 0) is 0 Å². The molecule has 0 amide bonds. The van der Waals surface area contributed by atoms with Gasteiger partial charge in [-0.1, -0.05) is 18.2 Å². The van der Waals surface area contributed by atoms with Gasteiger partial charge in [-0.2, -0.15) is 5.10 Å². The molecule has 2 N–H and O–H groups in total. The van der Waals surface area contributed by atoms with Crippen molar-refractivity contribution in [3.8, 4) is 33.9 Å². The fourth-order valence-electron chi connectivity index (χ4n) is 3.81. The molecule has 0 aliphatic rings. The van der Waals surface area contributed by atoms with Gasteiger partial charge in [0.05, 0.1) is 22.6 Å². The Labute approximate surface area is 175 Å². The first-order valence-corrected chi connectivity index (χ1v) is 9.77. The Morgan fingerprint density at radius 3 is 2.65 bits per heavy atom. The SMILES string of the molecule is Fc1cccc(-c2ccnc3[nH]c(-c4n[nH]c5ccc(-c6ccccn6)nc45)cc23)c1. The molecule has 6 nitrogen and oxygen atoms in total. The van der Waals surface area contributed by atoms with Crippen LogP contribution in [0.5, 0.6) is 0 Å².